The minimum Gasteiger partial charge on any atom is -0.341 e. The highest BCUT2D eigenvalue weighted by Gasteiger charge is 2.24. The van der Waals surface area contributed by atoms with Gasteiger partial charge in [0, 0.05) is 24.5 Å². The summed E-state index contributed by atoms with van der Waals surface area (Å²) >= 11 is 3.52. The van der Waals surface area contributed by atoms with Gasteiger partial charge in [-0.25, -0.2) is 0 Å². The summed E-state index contributed by atoms with van der Waals surface area (Å²) in [7, 11) is 1.87. The molecule has 0 saturated carbocycles. The van der Waals surface area contributed by atoms with Gasteiger partial charge >= 0.3 is 0 Å². The fourth-order valence-corrected chi connectivity index (χ4v) is 2.10. The second kappa shape index (κ2) is 6.56. The molecule has 3 heteroatoms. The van der Waals surface area contributed by atoms with E-state index < -0.39 is 0 Å². The molecule has 0 aromatic heterocycles. The molecule has 19 heavy (non-hydrogen) atoms. The number of carbonyl (C=O) groups is 1. The van der Waals surface area contributed by atoms with E-state index in [2.05, 4.69) is 43.6 Å². The zero-order valence-corrected chi connectivity index (χ0v) is 14.1. The second-order valence-electron chi connectivity index (χ2n) is 6.31. The van der Waals surface area contributed by atoms with Gasteiger partial charge < -0.3 is 4.90 Å². The van der Waals surface area contributed by atoms with Crippen LogP contribution in [0.4, 0.5) is 0 Å². The van der Waals surface area contributed by atoms with Crippen molar-refractivity contribution in [3.05, 3.63) is 34.3 Å². The maximum absolute atomic E-state index is 12.2. The first kappa shape index (κ1) is 16.2. The largest absolute Gasteiger partial charge is 0.341 e. The Labute approximate surface area is 125 Å². The van der Waals surface area contributed by atoms with E-state index in [4.69, 9.17) is 0 Å². The molecular weight excluding hydrogens is 302 g/mol. The van der Waals surface area contributed by atoms with Gasteiger partial charge in [-0.05, 0) is 23.0 Å². The number of amides is 1. The summed E-state index contributed by atoms with van der Waals surface area (Å²) in [4.78, 5) is 14.0. The van der Waals surface area contributed by atoms with Gasteiger partial charge in [-0.2, -0.15) is 0 Å². The number of rotatable bonds is 4. The van der Waals surface area contributed by atoms with Crippen LogP contribution in [0.3, 0.4) is 0 Å². The molecule has 0 aliphatic carbocycles. The third-order valence-corrected chi connectivity index (χ3v) is 4.52. The van der Waals surface area contributed by atoms with Gasteiger partial charge in [0.05, 0.1) is 0 Å². The van der Waals surface area contributed by atoms with Crippen LogP contribution in [0.15, 0.2) is 28.7 Å². The predicted octanol–water partition coefficient (Wildman–Crippen LogP) is 4.48. The normalized spacial score (nSPS) is 13.2. The lowest BCUT2D eigenvalue weighted by molar-refractivity contribution is -0.132. The molecule has 1 amide bonds. The molecule has 1 rings (SSSR count). The molecule has 0 saturated heterocycles. The molecule has 106 valence electrons. The molecule has 0 radical (unpaired) electrons. The Morgan fingerprint density at radius 3 is 2.42 bits per heavy atom. The van der Waals surface area contributed by atoms with Gasteiger partial charge in [-0.1, -0.05) is 61.8 Å². The number of carbonyl (C=O) groups excluding carboxylic acids is 1. The number of hydrogen-bond donors (Lipinski definition) is 0. The highest BCUT2D eigenvalue weighted by Crippen LogP contribution is 2.28. The van der Waals surface area contributed by atoms with Crippen molar-refractivity contribution >= 4 is 21.8 Å². The van der Waals surface area contributed by atoms with E-state index in [-0.39, 0.29) is 11.3 Å². The summed E-state index contributed by atoms with van der Waals surface area (Å²) in [5.74, 6) is 0.583. The highest BCUT2D eigenvalue weighted by atomic mass is 79.9. The molecule has 1 atom stereocenters. The molecule has 0 N–H and O–H groups in total. The van der Waals surface area contributed by atoms with Crippen molar-refractivity contribution in [3.8, 4) is 0 Å². The quantitative estimate of drug-likeness (QED) is 0.799. The van der Waals surface area contributed by atoms with Crippen LogP contribution in [0.1, 0.15) is 39.7 Å². The van der Waals surface area contributed by atoms with E-state index in [0.29, 0.717) is 18.9 Å². The van der Waals surface area contributed by atoms with Gasteiger partial charge in [0.25, 0.3) is 0 Å². The number of halogens is 1. The monoisotopic (exact) mass is 325 g/mol. The van der Waals surface area contributed by atoms with E-state index in [9.17, 15) is 4.79 Å². The third-order valence-electron chi connectivity index (χ3n) is 3.75. The number of benzene rings is 1. The Morgan fingerprint density at radius 1 is 1.32 bits per heavy atom. The minimum absolute atomic E-state index is 0.170. The zero-order valence-electron chi connectivity index (χ0n) is 12.5. The summed E-state index contributed by atoms with van der Waals surface area (Å²) in [6, 6.07) is 8.03. The van der Waals surface area contributed by atoms with Gasteiger partial charge in [-0.3, -0.25) is 4.79 Å². The fraction of sp³-hybridized carbons (Fsp3) is 0.562. The molecule has 1 aromatic rings. The minimum atomic E-state index is 0.170. The van der Waals surface area contributed by atoms with Crippen LogP contribution in [-0.4, -0.2) is 17.9 Å². The van der Waals surface area contributed by atoms with E-state index in [1.807, 2.05) is 36.2 Å². The molecule has 0 heterocycles. The van der Waals surface area contributed by atoms with Crippen LogP contribution < -0.4 is 0 Å². The van der Waals surface area contributed by atoms with Crippen molar-refractivity contribution in [2.75, 3.05) is 7.05 Å². The average Bonchev–Trinajstić information content (AvgIpc) is 2.30. The summed E-state index contributed by atoms with van der Waals surface area (Å²) in [5.41, 5.74) is 1.31. The van der Waals surface area contributed by atoms with Crippen LogP contribution in [0.2, 0.25) is 0 Å². The van der Waals surface area contributed by atoms with Gasteiger partial charge in [0.15, 0.2) is 0 Å². The summed E-state index contributed by atoms with van der Waals surface area (Å²) in [6.07, 6.45) is 0.602. The molecule has 1 aromatic carbocycles. The summed E-state index contributed by atoms with van der Waals surface area (Å²) < 4.78 is 1.05. The molecule has 0 spiro atoms. The zero-order chi connectivity index (χ0) is 14.6. The van der Waals surface area contributed by atoms with Crippen molar-refractivity contribution in [3.63, 3.8) is 0 Å². The van der Waals surface area contributed by atoms with Gasteiger partial charge in [-0.15, -0.1) is 0 Å². The van der Waals surface area contributed by atoms with Gasteiger partial charge in [0.2, 0.25) is 5.91 Å². The van der Waals surface area contributed by atoms with Crippen molar-refractivity contribution in [1.29, 1.82) is 0 Å². The van der Waals surface area contributed by atoms with Crippen LogP contribution in [0.25, 0.3) is 0 Å². The van der Waals surface area contributed by atoms with Gasteiger partial charge in [0.1, 0.15) is 0 Å². The first-order valence-corrected chi connectivity index (χ1v) is 7.48. The lowest BCUT2D eigenvalue weighted by Crippen LogP contribution is -2.30. The molecule has 1 unspecified atom stereocenters. The van der Waals surface area contributed by atoms with E-state index in [1.165, 1.54) is 0 Å². The predicted molar refractivity (Wildman–Crippen MR) is 83.9 cm³/mol. The summed E-state index contributed by atoms with van der Waals surface area (Å²) in [6.45, 7) is 9.33. The van der Waals surface area contributed by atoms with Crippen molar-refractivity contribution in [1.82, 2.24) is 4.90 Å². The number of nitrogens with zero attached hydrogens (tertiary/aromatic N) is 1. The standard InChI is InChI=1S/C16H24BrNO/c1-12(16(2,3)4)10-15(19)18(5)11-13-8-6-7-9-14(13)17/h6-9,12H,10-11H2,1-5H3. The SMILES string of the molecule is CC(CC(=O)N(C)Cc1ccccc1Br)C(C)(C)C. The van der Waals surface area contributed by atoms with Crippen molar-refractivity contribution in [2.45, 2.75) is 40.7 Å². The van der Waals surface area contributed by atoms with Crippen LogP contribution in [-0.2, 0) is 11.3 Å². The molecule has 0 aliphatic rings. The van der Waals surface area contributed by atoms with Crippen LogP contribution >= 0.6 is 15.9 Å². The van der Waals surface area contributed by atoms with Crippen molar-refractivity contribution < 1.29 is 4.79 Å². The van der Waals surface area contributed by atoms with Crippen LogP contribution in [0.5, 0.6) is 0 Å². The Kier molecular flexibility index (Phi) is 5.60. The molecular formula is C16H24BrNO. The summed E-state index contributed by atoms with van der Waals surface area (Å²) in [5, 5.41) is 0. The maximum atomic E-state index is 12.2. The Bertz CT molecular complexity index is 437. The molecule has 0 aliphatic heterocycles. The smallest absolute Gasteiger partial charge is 0.222 e. The molecule has 0 fully saturated rings. The average molecular weight is 326 g/mol. The van der Waals surface area contributed by atoms with Crippen molar-refractivity contribution in [2.24, 2.45) is 11.3 Å². The highest BCUT2D eigenvalue weighted by molar-refractivity contribution is 9.10. The first-order chi connectivity index (χ1) is 8.71. The fourth-order valence-electron chi connectivity index (χ4n) is 1.69. The maximum Gasteiger partial charge on any atom is 0.222 e. The van der Waals surface area contributed by atoms with E-state index in [1.54, 1.807) is 0 Å². The Hall–Kier alpha value is -0.830. The first-order valence-electron chi connectivity index (χ1n) is 6.69. The second-order valence-corrected chi connectivity index (χ2v) is 7.17. The van der Waals surface area contributed by atoms with Crippen LogP contribution in [0, 0.1) is 11.3 Å². The molecule has 0 bridgehead atoms. The Balaban J connectivity index is 2.61. The topological polar surface area (TPSA) is 20.3 Å². The van der Waals surface area contributed by atoms with E-state index in [0.717, 1.165) is 10.0 Å². The lowest BCUT2D eigenvalue weighted by atomic mass is 9.80. The number of hydrogen-bond acceptors (Lipinski definition) is 1. The third kappa shape index (κ3) is 4.98. The Morgan fingerprint density at radius 2 is 1.89 bits per heavy atom. The van der Waals surface area contributed by atoms with E-state index >= 15 is 0 Å². The lowest BCUT2D eigenvalue weighted by Gasteiger charge is -2.28. The molecule has 2 nitrogen and oxygen atoms in total.